The van der Waals surface area contributed by atoms with Crippen molar-refractivity contribution in [2.75, 3.05) is 0 Å². The van der Waals surface area contributed by atoms with Crippen LogP contribution in [0.3, 0.4) is 0 Å². The molecule has 0 saturated heterocycles. The van der Waals surface area contributed by atoms with Crippen LogP contribution in [0.15, 0.2) is 0 Å². The Morgan fingerprint density at radius 1 is 1.60 bits per heavy atom. The van der Waals surface area contributed by atoms with Gasteiger partial charge < -0.3 is 16.4 Å². The standard InChI is InChI=1S/C6H12O3.H3N/c1-2-3-5(7)4-6(8)9;/h5,7H,2-4H2,1H3,(H,8,9);1H3. The lowest BCUT2D eigenvalue weighted by molar-refractivity contribution is -0.139. The van der Waals surface area contributed by atoms with Gasteiger partial charge in [-0.15, -0.1) is 0 Å². The van der Waals surface area contributed by atoms with Crippen LogP contribution in [0.2, 0.25) is 0 Å². The van der Waals surface area contributed by atoms with E-state index in [0.717, 1.165) is 6.42 Å². The summed E-state index contributed by atoms with van der Waals surface area (Å²) in [5.74, 6) is -0.934. The molecule has 0 saturated carbocycles. The Morgan fingerprint density at radius 2 is 2.10 bits per heavy atom. The first-order valence-electron chi connectivity index (χ1n) is 3.06. The predicted octanol–water partition coefficient (Wildman–Crippen LogP) is 0.784. The molecule has 62 valence electrons. The fourth-order valence-corrected chi connectivity index (χ4v) is 0.637. The number of carbonyl (C=O) groups is 1. The van der Waals surface area contributed by atoms with E-state index < -0.39 is 12.1 Å². The summed E-state index contributed by atoms with van der Waals surface area (Å²) in [5, 5.41) is 17.0. The molecule has 10 heavy (non-hydrogen) atoms. The molecule has 0 bridgehead atoms. The van der Waals surface area contributed by atoms with Crippen LogP contribution in [0.4, 0.5) is 0 Å². The maximum atomic E-state index is 9.92. The van der Waals surface area contributed by atoms with Crippen LogP contribution in [-0.4, -0.2) is 22.3 Å². The predicted molar refractivity (Wildman–Crippen MR) is 38.2 cm³/mol. The Morgan fingerprint density at radius 3 is 2.40 bits per heavy atom. The maximum Gasteiger partial charge on any atom is 0.305 e. The molecule has 4 heteroatoms. The number of hydrogen-bond acceptors (Lipinski definition) is 3. The van der Waals surface area contributed by atoms with Gasteiger partial charge in [0.05, 0.1) is 12.5 Å². The molecular formula is C6H15NO3. The van der Waals surface area contributed by atoms with Crippen molar-refractivity contribution in [2.45, 2.75) is 32.3 Å². The number of aliphatic carboxylic acids is 1. The zero-order valence-corrected chi connectivity index (χ0v) is 6.21. The SMILES string of the molecule is CCCC(O)CC(=O)O.N. The second-order valence-corrected chi connectivity index (χ2v) is 2.04. The lowest BCUT2D eigenvalue weighted by Gasteiger charge is -2.03. The molecule has 0 aliphatic heterocycles. The van der Waals surface area contributed by atoms with E-state index >= 15 is 0 Å². The molecule has 0 rings (SSSR count). The van der Waals surface area contributed by atoms with Crippen molar-refractivity contribution in [3.8, 4) is 0 Å². The first kappa shape index (κ1) is 12.1. The summed E-state index contributed by atoms with van der Waals surface area (Å²) in [4.78, 5) is 9.92. The molecule has 0 amide bonds. The number of carboxylic acids is 1. The van der Waals surface area contributed by atoms with Crippen molar-refractivity contribution >= 4 is 5.97 Å². The van der Waals surface area contributed by atoms with Gasteiger partial charge in [-0.05, 0) is 6.42 Å². The Bertz CT molecular complexity index is 95.0. The second-order valence-electron chi connectivity index (χ2n) is 2.04. The normalized spacial score (nSPS) is 11.8. The van der Waals surface area contributed by atoms with E-state index in [2.05, 4.69) is 0 Å². The minimum atomic E-state index is -0.934. The zero-order chi connectivity index (χ0) is 7.28. The minimum Gasteiger partial charge on any atom is -0.481 e. The molecule has 0 radical (unpaired) electrons. The van der Waals surface area contributed by atoms with Crippen molar-refractivity contribution in [1.29, 1.82) is 0 Å². The van der Waals surface area contributed by atoms with Gasteiger partial charge >= 0.3 is 5.97 Å². The Labute approximate surface area is 60.4 Å². The van der Waals surface area contributed by atoms with E-state index in [1.54, 1.807) is 0 Å². The molecule has 0 aromatic rings. The smallest absolute Gasteiger partial charge is 0.305 e. The van der Waals surface area contributed by atoms with Crippen LogP contribution in [0.25, 0.3) is 0 Å². The van der Waals surface area contributed by atoms with Crippen molar-refractivity contribution in [2.24, 2.45) is 0 Å². The average Bonchev–Trinajstić information content (AvgIpc) is 1.63. The van der Waals surface area contributed by atoms with Crippen LogP contribution < -0.4 is 6.15 Å². The van der Waals surface area contributed by atoms with Gasteiger partial charge in [0.25, 0.3) is 0 Å². The molecule has 0 aliphatic carbocycles. The van der Waals surface area contributed by atoms with Crippen LogP contribution in [-0.2, 0) is 4.79 Å². The highest BCUT2D eigenvalue weighted by atomic mass is 16.4. The van der Waals surface area contributed by atoms with Gasteiger partial charge in [0.1, 0.15) is 0 Å². The number of aliphatic hydroxyl groups is 1. The van der Waals surface area contributed by atoms with E-state index in [1.807, 2.05) is 6.92 Å². The van der Waals surface area contributed by atoms with Gasteiger partial charge in [-0.25, -0.2) is 0 Å². The Kier molecular flexibility index (Phi) is 7.88. The van der Waals surface area contributed by atoms with Crippen molar-refractivity contribution in [3.05, 3.63) is 0 Å². The number of hydrogen-bond donors (Lipinski definition) is 3. The van der Waals surface area contributed by atoms with Crippen molar-refractivity contribution in [3.63, 3.8) is 0 Å². The molecule has 5 N–H and O–H groups in total. The lowest BCUT2D eigenvalue weighted by atomic mass is 10.1. The summed E-state index contributed by atoms with van der Waals surface area (Å²) in [6, 6.07) is 0. The van der Waals surface area contributed by atoms with E-state index in [1.165, 1.54) is 0 Å². The minimum absolute atomic E-state index is 0. The third-order valence-electron chi connectivity index (χ3n) is 1.03. The van der Waals surface area contributed by atoms with Crippen LogP contribution >= 0.6 is 0 Å². The summed E-state index contributed by atoms with van der Waals surface area (Å²) in [7, 11) is 0. The summed E-state index contributed by atoms with van der Waals surface area (Å²) in [5.41, 5.74) is 0. The molecule has 0 spiro atoms. The molecule has 0 aliphatic rings. The third-order valence-corrected chi connectivity index (χ3v) is 1.03. The second kappa shape index (κ2) is 6.51. The van der Waals surface area contributed by atoms with Gasteiger partial charge in [-0.2, -0.15) is 0 Å². The van der Waals surface area contributed by atoms with Crippen molar-refractivity contribution < 1.29 is 15.0 Å². The third kappa shape index (κ3) is 7.39. The van der Waals surface area contributed by atoms with Crippen LogP contribution in [0.5, 0.6) is 0 Å². The van der Waals surface area contributed by atoms with E-state index in [0.29, 0.717) is 6.42 Å². The van der Waals surface area contributed by atoms with E-state index in [4.69, 9.17) is 10.2 Å². The fourth-order valence-electron chi connectivity index (χ4n) is 0.637. The first-order valence-corrected chi connectivity index (χ1v) is 3.06. The van der Waals surface area contributed by atoms with Gasteiger partial charge in [0.15, 0.2) is 0 Å². The molecule has 0 aromatic carbocycles. The summed E-state index contributed by atoms with van der Waals surface area (Å²) >= 11 is 0. The zero-order valence-electron chi connectivity index (χ0n) is 6.21. The molecule has 0 fully saturated rings. The highest BCUT2D eigenvalue weighted by Crippen LogP contribution is 1.99. The average molecular weight is 149 g/mol. The van der Waals surface area contributed by atoms with Crippen molar-refractivity contribution in [1.82, 2.24) is 6.15 Å². The quantitative estimate of drug-likeness (QED) is 0.550. The molecule has 0 heterocycles. The van der Waals surface area contributed by atoms with Crippen LogP contribution in [0.1, 0.15) is 26.2 Å². The topological polar surface area (TPSA) is 92.5 Å². The number of carboxylic acid groups (broad SMARTS) is 1. The Hall–Kier alpha value is -0.610. The molecule has 0 aromatic heterocycles. The first-order chi connectivity index (χ1) is 4.16. The number of rotatable bonds is 4. The lowest BCUT2D eigenvalue weighted by Crippen LogP contribution is -2.11. The van der Waals surface area contributed by atoms with Gasteiger partial charge in [0.2, 0.25) is 0 Å². The molecule has 1 unspecified atom stereocenters. The summed E-state index contributed by atoms with van der Waals surface area (Å²) < 4.78 is 0. The summed E-state index contributed by atoms with van der Waals surface area (Å²) in [6.45, 7) is 1.91. The maximum absolute atomic E-state index is 9.92. The van der Waals surface area contributed by atoms with Crippen LogP contribution in [0, 0.1) is 0 Å². The highest BCUT2D eigenvalue weighted by Gasteiger charge is 2.06. The molecular weight excluding hydrogens is 134 g/mol. The largest absolute Gasteiger partial charge is 0.481 e. The summed E-state index contributed by atoms with van der Waals surface area (Å²) in [6.07, 6.45) is 0.613. The molecule has 4 nitrogen and oxygen atoms in total. The Balaban J connectivity index is 0. The van der Waals surface area contributed by atoms with E-state index in [-0.39, 0.29) is 12.6 Å². The molecule has 1 atom stereocenters. The van der Waals surface area contributed by atoms with Gasteiger partial charge in [0, 0.05) is 0 Å². The van der Waals surface area contributed by atoms with E-state index in [9.17, 15) is 4.79 Å². The van der Waals surface area contributed by atoms with Gasteiger partial charge in [-0.1, -0.05) is 13.3 Å². The highest BCUT2D eigenvalue weighted by molar-refractivity contribution is 5.67. The van der Waals surface area contributed by atoms with Gasteiger partial charge in [-0.3, -0.25) is 4.79 Å². The fraction of sp³-hybridized carbons (Fsp3) is 0.833. The number of aliphatic hydroxyl groups excluding tert-OH is 1. The monoisotopic (exact) mass is 149 g/mol.